The molecule has 7 heteroatoms. The number of rotatable bonds is 3. The standard InChI is InChI=1S/C11H23N3.C9H9F3.C2H6.CH3.K/c1-13-7-5-11(9-13)14(2)10-4-3-6-12-8-10;1-2-7-4-3-5-8(6-7)9(10,11)12;1-2;;/h10-12H,3-9H2,1-2H3;3-6H,2H2,1H3;1-2H3;1H3;/q;;;-1;+1. The summed E-state index contributed by atoms with van der Waals surface area (Å²) >= 11 is 0. The Bertz CT molecular complexity index is 544. The molecular formula is C23H41F3KN3. The Morgan fingerprint density at radius 2 is 1.83 bits per heavy atom. The van der Waals surface area contributed by atoms with Crippen LogP contribution in [0.15, 0.2) is 24.3 Å². The van der Waals surface area contributed by atoms with Crippen LogP contribution in [0.3, 0.4) is 0 Å². The average Bonchev–Trinajstić information content (AvgIpc) is 3.16. The minimum absolute atomic E-state index is 0. The predicted molar refractivity (Wildman–Crippen MR) is 118 cm³/mol. The average molecular weight is 456 g/mol. The van der Waals surface area contributed by atoms with E-state index in [1.807, 2.05) is 20.8 Å². The van der Waals surface area contributed by atoms with Crippen LogP contribution in [0.5, 0.6) is 0 Å². The number of hydrogen-bond acceptors (Lipinski definition) is 3. The summed E-state index contributed by atoms with van der Waals surface area (Å²) in [6, 6.07) is 6.96. The molecule has 3 nitrogen and oxygen atoms in total. The quantitative estimate of drug-likeness (QED) is 0.557. The fraction of sp³-hybridized carbons (Fsp3) is 0.696. The van der Waals surface area contributed by atoms with E-state index in [2.05, 4.69) is 29.2 Å². The summed E-state index contributed by atoms with van der Waals surface area (Å²) in [4.78, 5) is 5.05. The van der Waals surface area contributed by atoms with Crippen LogP contribution < -0.4 is 56.7 Å². The predicted octanol–water partition coefficient (Wildman–Crippen LogP) is 2.12. The van der Waals surface area contributed by atoms with Gasteiger partial charge in [0.1, 0.15) is 0 Å². The molecule has 2 saturated heterocycles. The molecule has 1 N–H and O–H groups in total. The second kappa shape index (κ2) is 17.1. The summed E-state index contributed by atoms with van der Waals surface area (Å²) in [5, 5.41) is 3.50. The summed E-state index contributed by atoms with van der Waals surface area (Å²) in [5.74, 6) is 0. The molecule has 2 atom stereocenters. The molecule has 170 valence electrons. The van der Waals surface area contributed by atoms with Crippen LogP contribution in [0.2, 0.25) is 0 Å². The van der Waals surface area contributed by atoms with Crippen molar-refractivity contribution in [2.75, 3.05) is 40.3 Å². The smallest absolute Gasteiger partial charge is 0.358 e. The number of likely N-dealkylation sites (tertiary alicyclic amines) is 1. The second-order valence-electron chi connectivity index (χ2n) is 7.42. The normalized spacial score (nSPS) is 21.4. The topological polar surface area (TPSA) is 18.5 Å². The first-order chi connectivity index (χ1) is 13.3. The number of nitrogens with one attached hydrogen (secondary N) is 1. The zero-order valence-electron chi connectivity index (χ0n) is 20.1. The fourth-order valence-corrected chi connectivity index (χ4v) is 3.69. The number of alkyl halides is 3. The third-order valence-corrected chi connectivity index (χ3v) is 5.45. The van der Waals surface area contributed by atoms with Crippen molar-refractivity contribution in [1.29, 1.82) is 0 Å². The van der Waals surface area contributed by atoms with Gasteiger partial charge in [0.2, 0.25) is 0 Å². The van der Waals surface area contributed by atoms with Crippen molar-refractivity contribution in [3.63, 3.8) is 0 Å². The minimum Gasteiger partial charge on any atom is -0.358 e. The van der Waals surface area contributed by atoms with E-state index < -0.39 is 11.7 Å². The van der Waals surface area contributed by atoms with Crippen LogP contribution in [-0.4, -0.2) is 62.2 Å². The fourth-order valence-electron chi connectivity index (χ4n) is 3.69. The van der Waals surface area contributed by atoms with E-state index in [1.165, 1.54) is 57.6 Å². The van der Waals surface area contributed by atoms with E-state index in [4.69, 9.17) is 0 Å². The molecule has 0 saturated carbocycles. The Balaban J connectivity index is 0. The molecule has 0 spiro atoms. The van der Waals surface area contributed by atoms with Gasteiger partial charge in [0.05, 0.1) is 5.56 Å². The van der Waals surface area contributed by atoms with Gasteiger partial charge in [0, 0.05) is 25.2 Å². The number of halogens is 3. The largest absolute Gasteiger partial charge is 1.00 e. The zero-order chi connectivity index (χ0) is 21.2. The number of likely N-dealkylation sites (N-methyl/N-ethyl adjacent to an activating group) is 2. The van der Waals surface area contributed by atoms with Gasteiger partial charge in [-0.1, -0.05) is 39.0 Å². The van der Waals surface area contributed by atoms with E-state index >= 15 is 0 Å². The maximum atomic E-state index is 12.1. The summed E-state index contributed by atoms with van der Waals surface area (Å²) in [6.45, 7) is 10.8. The zero-order valence-corrected chi connectivity index (χ0v) is 23.3. The maximum Gasteiger partial charge on any atom is 1.00 e. The van der Waals surface area contributed by atoms with Crippen molar-refractivity contribution in [2.45, 2.75) is 64.7 Å². The van der Waals surface area contributed by atoms with Crippen LogP contribution in [0.25, 0.3) is 0 Å². The molecule has 0 radical (unpaired) electrons. The van der Waals surface area contributed by atoms with Crippen LogP contribution in [0.1, 0.15) is 51.2 Å². The molecule has 2 aliphatic heterocycles. The van der Waals surface area contributed by atoms with Crippen LogP contribution in [0, 0.1) is 7.43 Å². The molecule has 1 aromatic rings. The molecule has 2 heterocycles. The first-order valence-corrected chi connectivity index (χ1v) is 10.6. The van der Waals surface area contributed by atoms with Gasteiger partial charge in [-0.25, -0.2) is 0 Å². The minimum atomic E-state index is -4.22. The maximum absolute atomic E-state index is 12.1. The number of piperidine rings is 1. The van der Waals surface area contributed by atoms with Crippen LogP contribution >= 0.6 is 0 Å². The van der Waals surface area contributed by atoms with E-state index in [1.54, 1.807) is 6.07 Å². The van der Waals surface area contributed by atoms with Gasteiger partial charge in [-0.2, -0.15) is 13.2 Å². The Labute approximate surface area is 225 Å². The van der Waals surface area contributed by atoms with Gasteiger partial charge in [0.15, 0.2) is 0 Å². The van der Waals surface area contributed by atoms with Crippen molar-refractivity contribution in [3.8, 4) is 0 Å². The summed E-state index contributed by atoms with van der Waals surface area (Å²) in [5.41, 5.74) is 0.145. The van der Waals surface area contributed by atoms with Crippen molar-refractivity contribution < 1.29 is 64.6 Å². The van der Waals surface area contributed by atoms with Gasteiger partial charge in [-0.05, 0) is 64.5 Å². The first kappa shape index (κ1) is 32.7. The van der Waals surface area contributed by atoms with Crippen molar-refractivity contribution in [3.05, 3.63) is 42.8 Å². The first-order valence-electron chi connectivity index (χ1n) is 10.6. The van der Waals surface area contributed by atoms with E-state index in [-0.39, 0.29) is 58.8 Å². The molecular weight excluding hydrogens is 414 g/mol. The molecule has 2 fully saturated rings. The van der Waals surface area contributed by atoms with Gasteiger partial charge in [-0.3, -0.25) is 4.90 Å². The van der Waals surface area contributed by atoms with E-state index in [0.29, 0.717) is 12.0 Å². The summed E-state index contributed by atoms with van der Waals surface area (Å²) in [7, 11) is 4.54. The number of benzene rings is 1. The number of nitrogens with zero attached hydrogens (tertiary/aromatic N) is 2. The summed E-state index contributed by atoms with van der Waals surface area (Å²) < 4.78 is 36.3. The molecule has 1 aromatic carbocycles. The molecule has 2 aliphatic rings. The Hall–Kier alpha value is 0.526. The van der Waals surface area contributed by atoms with Crippen LogP contribution in [-0.2, 0) is 12.6 Å². The van der Waals surface area contributed by atoms with Gasteiger partial charge >= 0.3 is 57.6 Å². The van der Waals surface area contributed by atoms with Crippen molar-refractivity contribution in [2.24, 2.45) is 0 Å². The number of aryl methyl sites for hydroxylation is 1. The molecule has 2 unspecified atom stereocenters. The van der Waals surface area contributed by atoms with Crippen LogP contribution in [0.4, 0.5) is 13.2 Å². The monoisotopic (exact) mass is 455 g/mol. The van der Waals surface area contributed by atoms with E-state index in [0.717, 1.165) is 18.2 Å². The third kappa shape index (κ3) is 11.4. The summed E-state index contributed by atoms with van der Waals surface area (Å²) in [6.07, 6.45) is 0.486. The van der Waals surface area contributed by atoms with Gasteiger partial charge in [-0.15, -0.1) is 0 Å². The Morgan fingerprint density at radius 1 is 1.17 bits per heavy atom. The third-order valence-electron chi connectivity index (χ3n) is 5.45. The molecule has 30 heavy (non-hydrogen) atoms. The van der Waals surface area contributed by atoms with E-state index in [9.17, 15) is 13.2 Å². The molecule has 0 amide bonds. The van der Waals surface area contributed by atoms with Crippen molar-refractivity contribution in [1.82, 2.24) is 15.1 Å². The molecule has 0 aliphatic carbocycles. The second-order valence-corrected chi connectivity index (χ2v) is 7.42. The Kier molecular flexibility index (Phi) is 18.6. The number of hydrogen-bond donors (Lipinski definition) is 1. The molecule has 0 aromatic heterocycles. The molecule has 3 rings (SSSR count). The van der Waals surface area contributed by atoms with Crippen molar-refractivity contribution >= 4 is 0 Å². The molecule has 0 bridgehead atoms. The Morgan fingerprint density at radius 3 is 2.30 bits per heavy atom. The SMILES string of the molecule is CC.CCc1cccc(C(F)(F)F)c1.CN1CCC(N(C)C2CCCNC2)C1.[CH3-].[K+]. The van der Waals surface area contributed by atoms with Gasteiger partial charge in [0.25, 0.3) is 0 Å². The van der Waals surface area contributed by atoms with Gasteiger partial charge < -0.3 is 17.6 Å².